The molecule has 0 radical (unpaired) electrons. The van der Waals surface area contributed by atoms with Crippen LogP contribution in [-0.2, 0) is 16.1 Å². The van der Waals surface area contributed by atoms with Crippen molar-refractivity contribution in [3.8, 4) is 5.75 Å². The number of hydrogen-bond donors (Lipinski definition) is 1. The lowest BCUT2D eigenvalue weighted by Crippen LogP contribution is -2.29. The molecule has 1 aliphatic heterocycles. The molecular weight excluding hydrogens is 396 g/mol. The fourth-order valence-electron chi connectivity index (χ4n) is 3.54. The quantitative estimate of drug-likeness (QED) is 0.353. The molecule has 1 fully saturated rings. The number of hydrogen-bond acceptors (Lipinski definition) is 6. The Balaban J connectivity index is 1.76. The molecule has 1 N–H and O–H groups in total. The zero-order chi connectivity index (χ0) is 21.8. The number of aromatic nitrogens is 1. The molecular formula is C24H22N2O5. The van der Waals surface area contributed by atoms with Crippen molar-refractivity contribution in [1.29, 1.82) is 0 Å². The van der Waals surface area contributed by atoms with Gasteiger partial charge < -0.3 is 19.2 Å². The Morgan fingerprint density at radius 1 is 1.13 bits per heavy atom. The number of pyridine rings is 1. The van der Waals surface area contributed by atoms with Crippen molar-refractivity contribution >= 4 is 17.4 Å². The molecule has 1 aliphatic rings. The summed E-state index contributed by atoms with van der Waals surface area (Å²) in [6, 6.07) is 14.6. The van der Waals surface area contributed by atoms with Gasteiger partial charge >= 0.3 is 0 Å². The summed E-state index contributed by atoms with van der Waals surface area (Å²) in [5.41, 5.74) is 0.899. The van der Waals surface area contributed by atoms with Gasteiger partial charge in [-0.05, 0) is 55.0 Å². The van der Waals surface area contributed by atoms with Crippen molar-refractivity contribution in [3.05, 3.63) is 89.6 Å². The van der Waals surface area contributed by atoms with Crippen molar-refractivity contribution in [1.82, 2.24) is 9.88 Å². The van der Waals surface area contributed by atoms with Crippen LogP contribution in [0.25, 0.3) is 5.76 Å². The molecule has 1 saturated heterocycles. The van der Waals surface area contributed by atoms with Gasteiger partial charge in [0.1, 0.15) is 23.3 Å². The highest BCUT2D eigenvalue weighted by atomic mass is 16.5. The van der Waals surface area contributed by atoms with E-state index in [2.05, 4.69) is 4.98 Å². The molecule has 1 unspecified atom stereocenters. The molecule has 2 aromatic heterocycles. The van der Waals surface area contributed by atoms with Crippen LogP contribution in [-0.4, -0.2) is 33.3 Å². The lowest BCUT2D eigenvalue weighted by atomic mass is 9.98. The number of likely N-dealkylation sites (tertiary alicyclic amines) is 1. The summed E-state index contributed by atoms with van der Waals surface area (Å²) in [6.07, 6.45) is 3.97. The summed E-state index contributed by atoms with van der Waals surface area (Å²) in [5.74, 6) is -0.529. The maximum Gasteiger partial charge on any atom is 0.296 e. The third-order valence-corrected chi connectivity index (χ3v) is 5.01. The first-order valence-corrected chi connectivity index (χ1v) is 10.0. The molecule has 3 heterocycles. The van der Waals surface area contributed by atoms with Gasteiger partial charge in [-0.1, -0.05) is 13.0 Å². The number of Topliss-reactive ketones (excluding diaryl/α,β-unsaturated/α-hetero) is 1. The summed E-state index contributed by atoms with van der Waals surface area (Å²) < 4.78 is 10.9. The number of aliphatic hydroxyl groups is 1. The standard InChI is InChI=1S/C24H22N2O5/c1-2-13-30-17-10-8-16(9-11-17)22(27)20-21(19-7-3-4-12-25-19)26(24(29)23(20)28)15-18-6-5-14-31-18/h3-12,14,21,27H,2,13,15H2,1H3/b22-20-. The van der Waals surface area contributed by atoms with Crippen LogP contribution in [0.5, 0.6) is 5.75 Å². The predicted molar refractivity (Wildman–Crippen MR) is 113 cm³/mol. The zero-order valence-corrected chi connectivity index (χ0v) is 17.0. The molecule has 1 atom stereocenters. The first kappa shape index (κ1) is 20.4. The van der Waals surface area contributed by atoms with E-state index >= 15 is 0 Å². The smallest absolute Gasteiger partial charge is 0.296 e. The lowest BCUT2D eigenvalue weighted by Gasteiger charge is -2.23. The third kappa shape index (κ3) is 4.07. The first-order chi connectivity index (χ1) is 15.1. The molecule has 3 aromatic rings. The van der Waals surface area contributed by atoms with Crippen LogP contribution in [0.4, 0.5) is 0 Å². The minimum Gasteiger partial charge on any atom is -0.507 e. The van der Waals surface area contributed by atoms with Crippen molar-refractivity contribution in [2.75, 3.05) is 6.61 Å². The second-order valence-corrected chi connectivity index (χ2v) is 7.13. The minimum atomic E-state index is -0.831. The molecule has 31 heavy (non-hydrogen) atoms. The number of rotatable bonds is 7. The molecule has 0 saturated carbocycles. The minimum absolute atomic E-state index is 0.00233. The Kier molecular flexibility index (Phi) is 5.84. The van der Waals surface area contributed by atoms with E-state index in [-0.39, 0.29) is 17.9 Å². The van der Waals surface area contributed by atoms with E-state index in [0.29, 0.717) is 29.4 Å². The monoisotopic (exact) mass is 418 g/mol. The number of amides is 1. The normalized spacial score (nSPS) is 17.8. The van der Waals surface area contributed by atoms with Gasteiger partial charge in [0.05, 0.1) is 30.7 Å². The van der Waals surface area contributed by atoms with Gasteiger partial charge in [0.25, 0.3) is 11.7 Å². The van der Waals surface area contributed by atoms with Crippen LogP contribution in [0.1, 0.15) is 36.4 Å². The number of carbonyl (C=O) groups excluding carboxylic acids is 2. The van der Waals surface area contributed by atoms with E-state index in [0.717, 1.165) is 6.42 Å². The Labute approximate surface area is 179 Å². The highest BCUT2D eigenvalue weighted by molar-refractivity contribution is 6.46. The van der Waals surface area contributed by atoms with Crippen molar-refractivity contribution in [3.63, 3.8) is 0 Å². The van der Waals surface area contributed by atoms with Crippen LogP contribution in [0.2, 0.25) is 0 Å². The number of furan rings is 1. The second-order valence-electron chi connectivity index (χ2n) is 7.13. The number of ketones is 1. The number of ether oxygens (including phenoxy) is 1. The van der Waals surface area contributed by atoms with E-state index in [4.69, 9.17) is 9.15 Å². The average Bonchev–Trinajstić information content (AvgIpc) is 3.40. The molecule has 7 heteroatoms. The van der Waals surface area contributed by atoms with E-state index in [1.165, 1.54) is 11.2 Å². The van der Waals surface area contributed by atoms with Gasteiger partial charge in [-0.2, -0.15) is 0 Å². The molecule has 1 amide bonds. The molecule has 158 valence electrons. The molecule has 1 aromatic carbocycles. The molecule has 0 aliphatic carbocycles. The maximum atomic E-state index is 13.0. The summed E-state index contributed by atoms with van der Waals surface area (Å²) >= 11 is 0. The maximum absolute atomic E-state index is 13.0. The Hall–Kier alpha value is -3.87. The van der Waals surface area contributed by atoms with Gasteiger partial charge in [0.2, 0.25) is 0 Å². The van der Waals surface area contributed by atoms with Crippen molar-refractivity contribution < 1.29 is 23.8 Å². The number of nitrogens with zero attached hydrogens (tertiary/aromatic N) is 2. The average molecular weight is 418 g/mol. The van der Waals surface area contributed by atoms with E-state index in [9.17, 15) is 14.7 Å². The number of benzene rings is 1. The summed E-state index contributed by atoms with van der Waals surface area (Å²) in [5, 5.41) is 11.0. The highest BCUT2D eigenvalue weighted by Gasteiger charge is 2.47. The van der Waals surface area contributed by atoms with Crippen LogP contribution in [0.15, 0.2) is 77.0 Å². The number of carbonyl (C=O) groups is 2. The lowest BCUT2D eigenvalue weighted by molar-refractivity contribution is -0.140. The van der Waals surface area contributed by atoms with E-state index in [1.807, 2.05) is 6.92 Å². The first-order valence-electron chi connectivity index (χ1n) is 10.0. The van der Waals surface area contributed by atoms with E-state index in [1.54, 1.807) is 60.8 Å². The van der Waals surface area contributed by atoms with Crippen molar-refractivity contribution in [2.24, 2.45) is 0 Å². The van der Waals surface area contributed by atoms with Gasteiger partial charge in [0, 0.05) is 11.8 Å². The predicted octanol–water partition coefficient (Wildman–Crippen LogP) is 4.09. The fraction of sp³-hybridized carbons (Fsp3) is 0.208. The largest absolute Gasteiger partial charge is 0.507 e. The Morgan fingerprint density at radius 2 is 1.94 bits per heavy atom. The molecule has 0 bridgehead atoms. The van der Waals surface area contributed by atoms with Gasteiger partial charge in [-0.25, -0.2) is 0 Å². The Bertz CT molecular complexity index is 1090. The second kappa shape index (κ2) is 8.87. The van der Waals surface area contributed by atoms with Gasteiger partial charge in [0.15, 0.2) is 0 Å². The highest BCUT2D eigenvalue weighted by Crippen LogP contribution is 2.39. The van der Waals surface area contributed by atoms with Crippen molar-refractivity contribution in [2.45, 2.75) is 25.9 Å². The molecule has 4 rings (SSSR count). The van der Waals surface area contributed by atoms with Gasteiger partial charge in [-0.15, -0.1) is 0 Å². The topological polar surface area (TPSA) is 92.9 Å². The zero-order valence-electron chi connectivity index (χ0n) is 17.0. The summed E-state index contributed by atoms with van der Waals surface area (Å²) in [6.45, 7) is 2.68. The SMILES string of the molecule is CCCOc1ccc(/C(O)=C2/C(=O)C(=O)N(Cc3ccco3)C2c2ccccn2)cc1. The summed E-state index contributed by atoms with van der Waals surface area (Å²) in [7, 11) is 0. The van der Waals surface area contributed by atoms with Crippen LogP contribution in [0.3, 0.4) is 0 Å². The Morgan fingerprint density at radius 3 is 2.58 bits per heavy atom. The van der Waals surface area contributed by atoms with Gasteiger partial charge in [-0.3, -0.25) is 14.6 Å². The summed E-state index contributed by atoms with van der Waals surface area (Å²) in [4.78, 5) is 31.5. The van der Waals surface area contributed by atoms with Crippen LogP contribution < -0.4 is 4.74 Å². The molecule has 7 nitrogen and oxygen atoms in total. The van der Waals surface area contributed by atoms with Crippen LogP contribution in [0, 0.1) is 0 Å². The third-order valence-electron chi connectivity index (χ3n) is 5.01. The van der Waals surface area contributed by atoms with E-state index < -0.39 is 17.7 Å². The fourth-order valence-corrected chi connectivity index (χ4v) is 3.54. The molecule has 0 spiro atoms. The van der Waals surface area contributed by atoms with Crippen LogP contribution >= 0.6 is 0 Å². The number of aliphatic hydroxyl groups excluding tert-OH is 1.